The second-order valence-electron chi connectivity index (χ2n) is 6.47. The number of alkyl halides is 2. The standard InChI is InChI=1S/C17H28Cl2F2N2/c1-4-6-8-9-10-12-17(3,11-7-5-2)23-15(19)13(16(20)21)14(18)22-23/h16H,4-12H2,1-3H3. The van der Waals surface area contributed by atoms with E-state index in [1.165, 1.54) is 23.9 Å². The first-order valence-electron chi connectivity index (χ1n) is 8.60. The molecule has 0 amide bonds. The minimum atomic E-state index is -2.70. The van der Waals surface area contributed by atoms with Gasteiger partial charge in [-0.3, -0.25) is 0 Å². The fourth-order valence-electron chi connectivity index (χ4n) is 2.93. The van der Waals surface area contributed by atoms with Crippen molar-refractivity contribution in [2.45, 2.75) is 90.5 Å². The van der Waals surface area contributed by atoms with Crippen molar-refractivity contribution in [2.75, 3.05) is 0 Å². The molecule has 0 aromatic carbocycles. The number of nitrogens with zero attached hydrogens (tertiary/aromatic N) is 2. The second-order valence-corrected chi connectivity index (χ2v) is 7.19. The van der Waals surface area contributed by atoms with Gasteiger partial charge < -0.3 is 0 Å². The lowest BCUT2D eigenvalue weighted by molar-refractivity contribution is 0.151. The molecule has 0 bridgehead atoms. The summed E-state index contributed by atoms with van der Waals surface area (Å²) in [4.78, 5) is 0. The Morgan fingerprint density at radius 3 is 2.09 bits per heavy atom. The van der Waals surface area contributed by atoms with Gasteiger partial charge in [0.25, 0.3) is 6.43 Å². The Kier molecular flexibility index (Phi) is 8.84. The molecular weight excluding hydrogens is 341 g/mol. The molecule has 1 aromatic heterocycles. The van der Waals surface area contributed by atoms with Crippen LogP contribution in [0.25, 0.3) is 0 Å². The molecular formula is C17H28Cl2F2N2. The van der Waals surface area contributed by atoms with E-state index >= 15 is 0 Å². The molecule has 1 rings (SSSR count). The first-order chi connectivity index (χ1) is 10.9. The molecule has 0 N–H and O–H groups in total. The molecule has 2 nitrogen and oxygen atoms in total. The summed E-state index contributed by atoms with van der Waals surface area (Å²) in [5.74, 6) is 0. The largest absolute Gasteiger partial charge is 0.269 e. The van der Waals surface area contributed by atoms with Gasteiger partial charge in [-0.1, -0.05) is 82.0 Å². The molecule has 1 atom stereocenters. The maximum Gasteiger partial charge on any atom is 0.269 e. The summed E-state index contributed by atoms with van der Waals surface area (Å²) in [5.41, 5.74) is -0.710. The summed E-state index contributed by atoms with van der Waals surface area (Å²) in [6.45, 7) is 6.35. The van der Waals surface area contributed by atoms with E-state index in [-0.39, 0.29) is 21.4 Å². The molecule has 134 valence electrons. The van der Waals surface area contributed by atoms with Gasteiger partial charge in [0, 0.05) is 0 Å². The van der Waals surface area contributed by atoms with Crippen LogP contribution in [0.15, 0.2) is 0 Å². The first-order valence-corrected chi connectivity index (χ1v) is 9.35. The number of hydrogen-bond acceptors (Lipinski definition) is 1. The summed E-state index contributed by atoms with van der Waals surface area (Å²) in [6.07, 6.45) is 6.89. The Morgan fingerprint density at radius 2 is 1.57 bits per heavy atom. The third kappa shape index (κ3) is 5.60. The van der Waals surface area contributed by atoms with Gasteiger partial charge in [-0.25, -0.2) is 13.5 Å². The Labute approximate surface area is 148 Å². The van der Waals surface area contributed by atoms with Crippen LogP contribution in [0.4, 0.5) is 8.78 Å². The van der Waals surface area contributed by atoms with Crippen molar-refractivity contribution < 1.29 is 8.78 Å². The van der Waals surface area contributed by atoms with E-state index in [0.717, 1.165) is 38.5 Å². The highest BCUT2D eigenvalue weighted by Crippen LogP contribution is 2.39. The van der Waals surface area contributed by atoms with Gasteiger partial charge >= 0.3 is 0 Å². The van der Waals surface area contributed by atoms with Crippen molar-refractivity contribution in [2.24, 2.45) is 0 Å². The highest BCUT2D eigenvalue weighted by Gasteiger charge is 2.33. The molecule has 6 heteroatoms. The lowest BCUT2D eigenvalue weighted by atomic mass is 9.88. The fourth-order valence-corrected chi connectivity index (χ4v) is 3.64. The normalized spacial score (nSPS) is 14.4. The molecule has 0 aliphatic heterocycles. The van der Waals surface area contributed by atoms with Crippen LogP contribution >= 0.6 is 23.2 Å². The number of hydrogen-bond donors (Lipinski definition) is 0. The minimum Gasteiger partial charge on any atom is -0.246 e. The van der Waals surface area contributed by atoms with E-state index in [9.17, 15) is 8.78 Å². The maximum atomic E-state index is 13.1. The minimum absolute atomic E-state index is 0.0165. The molecule has 0 radical (unpaired) electrons. The Morgan fingerprint density at radius 1 is 1.00 bits per heavy atom. The predicted molar refractivity (Wildman–Crippen MR) is 93.8 cm³/mol. The van der Waals surface area contributed by atoms with Gasteiger partial charge in [0.1, 0.15) is 5.15 Å². The topological polar surface area (TPSA) is 17.8 Å². The summed E-state index contributed by atoms with van der Waals surface area (Å²) in [5, 5.41) is 3.94. The van der Waals surface area contributed by atoms with Gasteiger partial charge in [0.15, 0.2) is 5.15 Å². The Balaban J connectivity index is 2.94. The third-order valence-electron chi connectivity index (χ3n) is 4.44. The zero-order valence-electron chi connectivity index (χ0n) is 14.3. The van der Waals surface area contributed by atoms with E-state index in [4.69, 9.17) is 23.2 Å². The zero-order chi connectivity index (χ0) is 17.5. The maximum absolute atomic E-state index is 13.1. The average Bonchev–Trinajstić information content (AvgIpc) is 2.80. The van der Waals surface area contributed by atoms with Crippen LogP contribution < -0.4 is 0 Å². The fraction of sp³-hybridized carbons (Fsp3) is 0.824. The molecule has 1 aromatic rings. The van der Waals surface area contributed by atoms with Gasteiger partial charge in [0.05, 0.1) is 11.1 Å². The molecule has 0 saturated heterocycles. The monoisotopic (exact) mass is 368 g/mol. The smallest absolute Gasteiger partial charge is 0.246 e. The van der Waals surface area contributed by atoms with E-state index in [1.54, 1.807) is 0 Å². The molecule has 0 fully saturated rings. The summed E-state index contributed by atoms with van der Waals surface area (Å²) < 4.78 is 27.8. The molecule has 0 aliphatic rings. The van der Waals surface area contributed by atoms with E-state index in [2.05, 4.69) is 18.9 Å². The van der Waals surface area contributed by atoms with Gasteiger partial charge in [0.2, 0.25) is 0 Å². The number of rotatable bonds is 11. The molecule has 1 unspecified atom stereocenters. The number of aromatic nitrogens is 2. The second kappa shape index (κ2) is 9.83. The van der Waals surface area contributed by atoms with Gasteiger partial charge in [-0.05, 0) is 19.8 Å². The SMILES string of the molecule is CCCCCCCC(C)(CCCC)n1nc(Cl)c(C(F)F)c1Cl. The lowest BCUT2D eigenvalue weighted by Crippen LogP contribution is -2.31. The third-order valence-corrected chi connectivity index (χ3v) is 5.08. The highest BCUT2D eigenvalue weighted by molar-refractivity contribution is 6.35. The van der Waals surface area contributed by atoms with Crippen molar-refractivity contribution in [3.63, 3.8) is 0 Å². The van der Waals surface area contributed by atoms with Crippen molar-refractivity contribution in [1.29, 1.82) is 0 Å². The van der Waals surface area contributed by atoms with Crippen LogP contribution in [-0.2, 0) is 5.54 Å². The van der Waals surface area contributed by atoms with Crippen molar-refractivity contribution in [3.8, 4) is 0 Å². The zero-order valence-corrected chi connectivity index (χ0v) is 15.9. The molecule has 0 spiro atoms. The lowest BCUT2D eigenvalue weighted by Gasteiger charge is -2.31. The molecule has 23 heavy (non-hydrogen) atoms. The average molecular weight is 369 g/mol. The van der Waals surface area contributed by atoms with Gasteiger partial charge in [-0.2, -0.15) is 5.10 Å². The summed E-state index contributed by atoms with van der Waals surface area (Å²) in [7, 11) is 0. The summed E-state index contributed by atoms with van der Waals surface area (Å²) >= 11 is 12.1. The van der Waals surface area contributed by atoms with Crippen molar-refractivity contribution in [3.05, 3.63) is 15.9 Å². The Bertz CT molecular complexity index is 477. The number of unbranched alkanes of at least 4 members (excludes halogenated alkanes) is 5. The first kappa shape index (κ1) is 20.7. The molecule has 1 heterocycles. The van der Waals surface area contributed by atoms with Crippen LogP contribution in [0.3, 0.4) is 0 Å². The number of halogens is 4. The van der Waals surface area contributed by atoms with Gasteiger partial charge in [-0.15, -0.1) is 0 Å². The van der Waals surface area contributed by atoms with Crippen molar-refractivity contribution in [1.82, 2.24) is 9.78 Å². The van der Waals surface area contributed by atoms with Crippen molar-refractivity contribution >= 4 is 23.2 Å². The quantitative estimate of drug-likeness (QED) is 0.372. The van der Waals surface area contributed by atoms with Crippen LogP contribution in [0.1, 0.15) is 90.5 Å². The molecule has 0 aliphatic carbocycles. The Hall–Kier alpha value is -0.350. The van der Waals surface area contributed by atoms with Crippen LogP contribution in [-0.4, -0.2) is 9.78 Å². The molecule has 0 saturated carbocycles. The van der Waals surface area contributed by atoms with E-state index < -0.39 is 6.43 Å². The highest BCUT2D eigenvalue weighted by atomic mass is 35.5. The van der Waals surface area contributed by atoms with E-state index in [0.29, 0.717) is 0 Å². The predicted octanol–water partition coefficient (Wildman–Crippen LogP) is 7.39. The van der Waals surface area contributed by atoms with Crippen LogP contribution in [0.2, 0.25) is 10.3 Å². The van der Waals surface area contributed by atoms with Crippen LogP contribution in [0, 0.1) is 0 Å². The summed E-state index contributed by atoms with van der Waals surface area (Å²) in [6, 6.07) is 0. The van der Waals surface area contributed by atoms with Crippen LogP contribution in [0.5, 0.6) is 0 Å². The van der Waals surface area contributed by atoms with E-state index in [1.807, 2.05) is 6.92 Å².